The first-order valence-corrected chi connectivity index (χ1v) is 8.59. The van der Waals surface area contributed by atoms with Gasteiger partial charge in [0.25, 0.3) is 0 Å². The van der Waals surface area contributed by atoms with Gasteiger partial charge in [-0.1, -0.05) is 6.92 Å². The Morgan fingerprint density at radius 3 is 3.05 bits per heavy atom. The molecule has 1 aliphatic heterocycles. The molecule has 1 aromatic rings. The lowest BCUT2D eigenvalue weighted by atomic mass is 10.0. The number of hydrogen-bond donors (Lipinski definition) is 2. The van der Waals surface area contributed by atoms with E-state index in [1.165, 1.54) is 5.75 Å². The van der Waals surface area contributed by atoms with Gasteiger partial charge in [0, 0.05) is 48.8 Å². The summed E-state index contributed by atoms with van der Waals surface area (Å²) in [6, 6.07) is 3.31. The van der Waals surface area contributed by atoms with Gasteiger partial charge in [0.2, 0.25) is 0 Å². The summed E-state index contributed by atoms with van der Waals surface area (Å²) < 4.78 is 2.06. The van der Waals surface area contributed by atoms with Crippen molar-refractivity contribution in [3.8, 4) is 0 Å². The van der Waals surface area contributed by atoms with Gasteiger partial charge in [-0.3, -0.25) is 16.0 Å². The topological polar surface area (TPSA) is 59.1 Å². The summed E-state index contributed by atoms with van der Waals surface area (Å²) in [5.74, 6) is 8.14. The van der Waals surface area contributed by atoms with Gasteiger partial charge in [-0.05, 0) is 26.5 Å². The van der Waals surface area contributed by atoms with Gasteiger partial charge in [0.1, 0.15) is 0 Å². The average Bonchev–Trinajstić information content (AvgIpc) is 2.93. The maximum atomic E-state index is 5.79. The van der Waals surface area contributed by atoms with E-state index in [0.717, 1.165) is 30.8 Å². The van der Waals surface area contributed by atoms with E-state index in [4.69, 9.17) is 5.84 Å². The number of nitrogens with two attached hydrogens (primary N) is 1. The van der Waals surface area contributed by atoms with Gasteiger partial charge in [-0.25, -0.2) is 0 Å². The molecule has 0 saturated carbocycles. The molecule has 20 heavy (non-hydrogen) atoms. The summed E-state index contributed by atoms with van der Waals surface area (Å²) in [5.41, 5.74) is 4.12. The predicted molar refractivity (Wildman–Crippen MR) is 85.8 cm³/mol. The third kappa shape index (κ3) is 3.75. The molecule has 6 heteroatoms. The normalized spacial score (nSPS) is 23.7. The molecule has 114 valence electrons. The maximum Gasteiger partial charge on any atom is 0.0641 e. The Bertz CT molecular complexity index is 408. The maximum absolute atomic E-state index is 5.79. The summed E-state index contributed by atoms with van der Waals surface area (Å²) in [6.07, 6.45) is 4.06. The lowest BCUT2D eigenvalue weighted by Gasteiger charge is -2.37. The molecule has 1 fully saturated rings. The monoisotopic (exact) mass is 297 g/mol. The highest BCUT2D eigenvalue weighted by Crippen LogP contribution is 2.19. The number of rotatable bonds is 6. The van der Waals surface area contributed by atoms with Crippen LogP contribution in [0.1, 0.15) is 32.0 Å². The molecular formula is C14H27N5S. The van der Waals surface area contributed by atoms with Gasteiger partial charge in [-0.2, -0.15) is 16.9 Å². The van der Waals surface area contributed by atoms with Crippen LogP contribution >= 0.6 is 11.8 Å². The highest BCUT2D eigenvalue weighted by molar-refractivity contribution is 7.99. The number of nitrogens with zero attached hydrogens (tertiary/aromatic N) is 3. The molecule has 1 aliphatic rings. The van der Waals surface area contributed by atoms with Gasteiger partial charge in [-0.15, -0.1) is 0 Å². The molecule has 0 spiro atoms. The van der Waals surface area contributed by atoms with Crippen molar-refractivity contribution in [2.24, 2.45) is 5.84 Å². The fourth-order valence-corrected chi connectivity index (χ4v) is 3.89. The van der Waals surface area contributed by atoms with Crippen molar-refractivity contribution in [1.82, 2.24) is 20.1 Å². The zero-order valence-corrected chi connectivity index (χ0v) is 13.6. The summed E-state index contributed by atoms with van der Waals surface area (Å²) in [4.78, 5) is 2.41. The molecule has 2 heterocycles. The largest absolute Gasteiger partial charge is 0.300 e. The first-order chi connectivity index (χ1) is 9.65. The number of nitrogens with one attached hydrogen (secondary N) is 1. The van der Waals surface area contributed by atoms with E-state index in [1.54, 1.807) is 0 Å². The average molecular weight is 297 g/mol. The molecule has 0 aliphatic carbocycles. The second-order valence-corrected chi connectivity index (χ2v) is 6.79. The SMILES string of the molecule is CCC(C)n1ccc(CC(NN)C2CSCCN2C)n1. The number of hydrazine groups is 1. The summed E-state index contributed by atoms with van der Waals surface area (Å²) >= 11 is 2.01. The van der Waals surface area contributed by atoms with Gasteiger partial charge in [0.15, 0.2) is 0 Å². The fraction of sp³-hybridized carbons (Fsp3) is 0.786. The number of aromatic nitrogens is 2. The molecule has 5 nitrogen and oxygen atoms in total. The lowest BCUT2D eigenvalue weighted by Crippen LogP contribution is -2.55. The van der Waals surface area contributed by atoms with Crippen molar-refractivity contribution in [2.45, 2.75) is 44.8 Å². The summed E-state index contributed by atoms with van der Waals surface area (Å²) in [5, 5.41) is 4.68. The van der Waals surface area contributed by atoms with Crippen LogP contribution in [0, 0.1) is 0 Å². The molecule has 0 amide bonds. The Morgan fingerprint density at radius 1 is 1.60 bits per heavy atom. The first-order valence-electron chi connectivity index (χ1n) is 7.43. The van der Waals surface area contributed by atoms with E-state index in [1.807, 2.05) is 11.8 Å². The van der Waals surface area contributed by atoms with E-state index in [2.05, 4.69) is 53.3 Å². The molecule has 0 bridgehead atoms. The van der Waals surface area contributed by atoms with Crippen molar-refractivity contribution in [2.75, 3.05) is 25.1 Å². The van der Waals surface area contributed by atoms with Crippen LogP contribution in [-0.4, -0.2) is 51.9 Å². The summed E-state index contributed by atoms with van der Waals surface area (Å²) in [6.45, 7) is 5.51. The molecule has 1 saturated heterocycles. The Kier molecular flexibility index (Phi) is 5.89. The molecular weight excluding hydrogens is 270 g/mol. The zero-order valence-electron chi connectivity index (χ0n) is 12.7. The molecule has 2 rings (SSSR count). The Labute approximate surface area is 126 Å². The highest BCUT2D eigenvalue weighted by Gasteiger charge is 2.28. The first kappa shape index (κ1) is 15.8. The third-order valence-electron chi connectivity index (χ3n) is 4.26. The second-order valence-electron chi connectivity index (χ2n) is 5.64. The van der Waals surface area contributed by atoms with Crippen molar-refractivity contribution in [3.05, 3.63) is 18.0 Å². The number of likely N-dealkylation sites (N-methyl/N-ethyl adjacent to an activating group) is 1. The van der Waals surface area contributed by atoms with E-state index in [-0.39, 0.29) is 6.04 Å². The fourth-order valence-electron chi connectivity index (χ4n) is 2.58. The van der Waals surface area contributed by atoms with Crippen LogP contribution < -0.4 is 11.3 Å². The third-order valence-corrected chi connectivity index (χ3v) is 5.31. The Balaban J connectivity index is 2.00. The van der Waals surface area contributed by atoms with Crippen molar-refractivity contribution in [3.63, 3.8) is 0 Å². The molecule has 3 N–H and O–H groups in total. The molecule has 0 radical (unpaired) electrons. The molecule has 3 atom stereocenters. The Morgan fingerprint density at radius 2 is 2.40 bits per heavy atom. The van der Waals surface area contributed by atoms with Crippen LogP contribution in [-0.2, 0) is 6.42 Å². The molecule has 3 unspecified atom stereocenters. The van der Waals surface area contributed by atoms with Crippen molar-refractivity contribution < 1.29 is 0 Å². The van der Waals surface area contributed by atoms with Crippen molar-refractivity contribution in [1.29, 1.82) is 0 Å². The quantitative estimate of drug-likeness (QED) is 0.612. The van der Waals surface area contributed by atoms with Gasteiger partial charge >= 0.3 is 0 Å². The minimum absolute atomic E-state index is 0.257. The highest BCUT2D eigenvalue weighted by atomic mass is 32.2. The van der Waals surface area contributed by atoms with E-state index in [0.29, 0.717) is 12.1 Å². The minimum atomic E-state index is 0.257. The van der Waals surface area contributed by atoms with Gasteiger partial charge in [0.05, 0.1) is 5.69 Å². The molecule has 0 aromatic carbocycles. The standard InChI is InChI=1S/C14H27N5S/c1-4-11(2)19-6-5-12(17-19)9-13(16-15)14-10-20-8-7-18(14)3/h5-6,11,13-14,16H,4,7-10,15H2,1-3H3. The van der Waals surface area contributed by atoms with Crippen LogP contribution in [0.5, 0.6) is 0 Å². The second kappa shape index (κ2) is 7.45. The van der Waals surface area contributed by atoms with Crippen LogP contribution in [0.25, 0.3) is 0 Å². The van der Waals surface area contributed by atoms with E-state index in [9.17, 15) is 0 Å². The van der Waals surface area contributed by atoms with Gasteiger partial charge < -0.3 is 4.90 Å². The zero-order chi connectivity index (χ0) is 14.5. The number of thioether (sulfide) groups is 1. The predicted octanol–water partition coefficient (Wildman–Crippen LogP) is 1.28. The van der Waals surface area contributed by atoms with Crippen LogP contribution in [0.2, 0.25) is 0 Å². The Hall–Kier alpha value is -0.560. The van der Waals surface area contributed by atoms with Crippen LogP contribution in [0.4, 0.5) is 0 Å². The van der Waals surface area contributed by atoms with E-state index >= 15 is 0 Å². The molecule has 1 aromatic heterocycles. The van der Waals surface area contributed by atoms with Crippen molar-refractivity contribution >= 4 is 11.8 Å². The lowest BCUT2D eigenvalue weighted by molar-refractivity contribution is 0.213. The van der Waals surface area contributed by atoms with E-state index < -0.39 is 0 Å². The smallest absolute Gasteiger partial charge is 0.0641 e. The number of hydrogen-bond acceptors (Lipinski definition) is 5. The van der Waals surface area contributed by atoms with Crippen LogP contribution in [0.15, 0.2) is 12.3 Å². The minimum Gasteiger partial charge on any atom is -0.300 e. The summed E-state index contributed by atoms with van der Waals surface area (Å²) in [7, 11) is 2.19. The van der Waals surface area contributed by atoms with Crippen LogP contribution in [0.3, 0.4) is 0 Å².